The quantitative estimate of drug-likeness (QED) is 0.834. The molecule has 0 amide bonds. The molecule has 0 radical (unpaired) electrons. The lowest BCUT2D eigenvalue weighted by Crippen LogP contribution is -2.14. The summed E-state index contributed by atoms with van der Waals surface area (Å²) in [4.78, 5) is 0. The first-order chi connectivity index (χ1) is 8.78. The molecule has 2 aromatic rings. The van der Waals surface area contributed by atoms with E-state index in [-0.39, 0.29) is 11.7 Å². The molecule has 0 aromatic heterocycles. The van der Waals surface area contributed by atoms with E-state index in [0.717, 1.165) is 23.3 Å². The number of rotatable bonds is 1. The van der Waals surface area contributed by atoms with E-state index in [9.17, 15) is 4.39 Å². The number of hydrogen-bond acceptors (Lipinski definition) is 2. The predicted molar refractivity (Wildman–Crippen MR) is 68.4 cm³/mol. The molecule has 0 saturated heterocycles. The Morgan fingerprint density at radius 2 is 2.00 bits per heavy atom. The van der Waals surface area contributed by atoms with Crippen molar-refractivity contribution in [3.63, 3.8) is 0 Å². The maximum atomic E-state index is 13.4. The maximum absolute atomic E-state index is 13.4. The van der Waals surface area contributed by atoms with Crippen LogP contribution in [-0.2, 0) is 6.42 Å². The van der Waals surface area contributed by atoms with Gasteiger partial charge in [-0.05, 0) is 42.8 Å². The Kier molecular flexibility index (Phi) is 2.76. The lowest BCUT2D eigenvalue weighted by atomic mass is 9.92. The molecule has 3 heteroatoms. The average Bonchev–Trinajstić information content (AvgIpc) is 2.54. The highest BCUT2D eigenvalue weighted by Gasteiger charge is 2.22. The highest BCUT2D eigenvalue weighted by atomic mass is 19.1. The lowest BCUT2D eigenvalue weighted by molar-refractivity contribution is 0.475. The van der Waals surface area contributed by atoms with Crippen molar-refractivity contribution in [3.8, 4) is 11.5 Å². The van der Waals surface area contributed by atoms with Crippen molar-refractivity contribution in [2.75, 3.05) is 6.54 Å². The summed E-state index contributed by atoms with van der Waals surface area (Å²) in [6, 6.07) is 12.5. The van der Waals surface area contributed by atoms with Gasteiger partial charge in [-0.25, -0.2) is 4.39 Å². The first kappa shape index (κ1) is 11.2. The first-order valence-corrected chi connectivity index (χ1v) is 6.03. The summed E-state index contributed by atoms with van der Waals surface area (Å²) < 4.78 is 19.2. The Bertz CT molecular complexity index is 582. The number of fused-ring (bicyclic) bond motifs is 2. The van der Waals surface area contributed by atoms with Crippen molar-refractivity contribution in [2.24, 2.45) is 5.73 Å². The van der Waals surface area contributed by atoms with Gasteiger partial charge < -0.3 is 10.5 Å². The first-order valence-electron chi connectivity index (χ1n) is 6.03. The maximum Gasteiger partial charge on any atom is 0.131 e. The van der Waals surface area contributed by atoms with Gasteiger partial charge in [0.15, 0.2) is 0 Å². The van der Waals surface area contributed by atoms with E-state index in [2.05, 4.69) is 0 Å². The van der Waals surface area contributed by atoms with Crippen molar-refractivity contribution >= 4 is 0 Å². The van der Waals surface area contributed by atoms with E-state index in [0.29, 0.717) is 12.3 Å². The summed E-state index contributed by atoms with van der Waals surface area (Å²) in [6.45, 7) is 0.480. The molecule has 1 heterocycles. The van der Waals surface area contributed by atoms with Gasteiger partial charge in [0.1, 0.15) is 17.3 Å². The zero-order valence-corrected chi connectivity index (χ0v) is 9.90. The highest BCUT2D eigenvalue weighted by molar-refractivity contribution is 5.47. The molecular weight excluding hydrogens is 229 g/mol. The van der Waals surface area contributed by atoms with Crippen LogP contribution in [0.4, 0.5) is 4.39 Å². The van der Waals surface area contributed by atoms with Crippen molar-refractivity contribution in [1.82, 2.24) is 0 Å². The SMILES string of the molecule is NC[C@@H]1Cc2ccccc2Oc2ccc(F)cc21. The molecule has 2 nitrogen and oxygen atoms in total. The molecule has 0 bridgehead atoms. The van der Waals surface area contributed by atoms with Gasteiger partial charge in [0, 0.05) is 11.5 Å². The van der Waals surface area contributed by atoms with Crippen LogP contribution in [0.15, 0.2) is 42.5 Å². The normalized spacial score (nSPS) is 17.3. The van der Waals surface area contributed by atoms with E-state index in [4.69, 9.17) is 10.5 Å². The van der Waals surface area contributed by atoms with Gasteiger partial charge in [0.05, 0.1) is 0 Å². The van der Waals surface area contributed by atoms with Crippen molar-refractivity contribution in [2.45, 2.75) is 12.3 Å². The molecule has 1 atom stereocenters. The van der Waals surface area contributed by atoms with Gasteiger partial charge in [0.25, 0.3) is 0 Å². The summed E-state index contributed by atoms with van der Waals surface area (Å²) in [5, 5.41) is 0. The van der Waals surface area contributed by atoms with Crippen LogP contribution in [-0.4, -0.2) is 6.54 Å². The lowest BCUT2D eigenvalue weighted by Gasteiger charge is -2.14. The van der Waals surface area contributed by atoms with Crippen LogP contribution in [0, 0.1) is 5.82 Å². The monoisotopic (exact) mass is 243 g/mol. The largest absolute Gasteiger partial charge is 0.457 e. The number of nitrogens with two attached hydrogens (primary N) is 1. The Morgan fingerprint density at radius 1 is 1.17 bits per heavy atom. The number of halogens is 1. The third-order valence-electron chi connectivity index (χ3n) is 3.36. The number of ether oxygens (including phenoxy) is 1. The second-order valence-electron chi connectivity index (χ2n) is 4.53. The molecule has 0 saturated carbocycles. The van der Waals surface area contributed by atoms with Crippen LogP contribution < -0.4 is 10.5 Å². The smallest absolute Gasteiger partial charge is 0.131 e. The zero-order valence-electron chi connectivity index (χ0n) is 9.90. The molecule has 1 aliphatic heterocycles. The standard InChI is InChI=1S/C15H14FNO/c16-12-5-6-15-13(8-12)11(9-17)7-10-3-1-2-4-14(10)18-15/h1-6,8,11H,7,9,17H2/t11-/m0/s1. The molecule has 1 aliphatic rings. The van der Waals surface area contributed by atoms with Gasteiger partial charge >= 0.3 is 0 Å². The van der Waals surface area contributed by atoms with Crippen LogP contribution >= 0.6 is 0 Å². The molecule has 2 aromatic carbocycles. The van der Waals surface area contributed by atoms with Crippen molar-refractivity contribution in [1.29, 1.82) is 0 Å². The minimum Gasteiger partial charge on any atom is -0.457 e. The summed E-state index contributed by atoms with van der Waals surface area (Å²) in [5.74, 6) is 1.39. The Morgan fingerprint density at radius 3 is 2.83 bits per heavy atom. The van der Waals surface area contributed by atoms with Crippen LogP contribution in [0.1, 0.15) is 17.0 Å². The molecule has 2 N–H and O–H groups in total. The van der Waals surface area contributed by atoms with Crippen LogP contribution in [0.3, 0.4) is 0 Å². The van der Waals surface area contributed by atoms with E-state index < -0.39 is 0 Å². The van der Waals surface area contributed by atoms with Gasteiger partial charge in [-0.15, -0.1) is 0 Å². The fourth-order valence-corrected chi connectivity index (χ4v) is 2.41. The topological polar surface area (TPSA) is 35.2 Å². The number of hydrogen-bond donors (Lipinski definition) is 1. The average molecular weight is 243 g/mol. The second-order valence-corrected chi connectivity index (χ2v) is 4.53. The minimum atomic E-state index is -0.248. The molecule has 0 unspecified atom stereocenters. The van der Waals surface area contributed by atoms with Crippen LogP contribution in [0.5, 0.6) is 11.5 Å². The Balaban J connectivity index is 2.14. The summed E-state index contributed by atoms with van der Waals surface area (Å²) in [6.07, 6.45) is 0.781. The van der Waals surface area contributed by atoms with E-state index in [1.807, 2.05) is 24.3 Å². The fourth-order valence-electron chi connectivity index (χ4n) is 2.41. The van der Waals surface area contributed by atoms with Gasteiger partial charge in [0.2, 0.25) is 0 Å². The molecule has 0 aliphatic carbocycles. The zero-order chi connectivity index (χ0) is 12.5. The van der Waals surface area contributed by atoms with E-state index in [1.54, 1.807) is 6.07 Å². The second kappa shape index (κ2) is 4.42. The third kappa shape index (κ3) is 1.87. The van der Waals surface area contributed by atoms with E-state index in [1.165, 1.54) is 12.1 Å². The highest BCUT2D eigenvalue weighted by Crippen LogP contribution is 2.39. The van der Waals surface area contributed by atoms with Crippen LogP contribution in [0.2, 0.25) is 0 Å². The molecular formula is C15H14FNO. The molecule has 18 heavy (non-hydrogen) atoms. The minimum absolute atomic E-state index is 0.0966. The number of para-hydroxylation sites is 1. The van der Waals surface area contributed by atoms with Crippen molar-refractivity contribution < 1.29 is 9.13 Å². The Labute approximate surface area is 105 Å². The predicted octanol–water partition coefficient (Wildman–Crippen LogP) is 3.22. The molecule has 0 spiro atoms. The van der Waals surface area contributed by atoms with Gasteiger partial charge in [-0.2, -0.15) is 0 Å². The third-order valence-corrected chi connectivity index (χ3v) is 3.36. The molecule has 0 fully saturated rings. The fraction of sp³-hybridized carbons (Fsp3) is 0.200. The summed E-state index contributed by atoms with van der Waals surface area (Å²) >= 11 is 0. The molecule has 92 valence electrons. The summed E-state index contributed by atoms with van der Waals surface area (Å²) in [7, 11) is 0. The van der Waals surface area contributed by atoms with Crippen LogP contribution in [0.25, 0.3) is 0 Å². The molecule has 3 rings (SSSR count). The van der Waals surface area contributed by atoms with E-state index >= 15 is 0 Å². The van der Waals surface area contributed by atoms with Gasteiger partial charge in [-0.3, -0.25) is 0 Å². The Hall–Kier alpha value is -1.87. The number of benzene rings is 2. The van der Waals surface area contributed by atoms with Crippen molar-refractivity contribution in [3.05, 3.63) is 59.4 Å². The summed E-state index contributed by atoms with van der Waals surface area (Å²) in [5.41, 5.74) is 7.79. The van der Waals surface area contributed by atoms with Gasteiger partial charge in [-0.1, -0.05) is 18.2 Å².